The maximum absolute atomic E-state index is 13.0. The van der Waals surface area contributed by atoms with Crippen molar-refractivity contribution in [2.24, 2.45) is 0 Å². The molecule has 33 heavy (non-hydrogen) atoms. The minimum atomic E-state index is -3.68. The van der Waals surface area contributed by atoms with Crippen LogP contribution in [0.3, 0.4) is 0 Å². The summed E-state index contributed by atoms with van der Waals surface area (Å²) in [7, 11) is -3.68. The molecule has 1 heterocycles. The highest BCUT2D eigenvalue weighted by Gasteiger charge is 2.27. The molecule has 0 spiro atoms. The molecule has 3 aromatic carbocycles. The van der Waals surface area contributed by atoms with Gasteiger partial charge in [0.1, 0.15) is 0 Å². The third kappa shape index (κ3) is 5.91. The Kier molecular flexibility index (Phi) is 8.10. The van der Waals surface area contributed by atoms with E-state index in [4.69, 9.17) is 4.74 Å². The zero-order valence-electron chi connectivity index (χ0n) is 18.2. The molecule has 0 saturated carbocycles. The van der Waals surface area contributed by atoms with Crippen LogP contribution in [0.5, 0.6) is 0 Å². The summed E-state index contributed by atoms with van der Waals surface area (Å²) in [6.07, 6.45) is 0. The molecule has 0 radical (unpaired) electrons. The van der Waals surface area contributed by atoms with E-state index in [1.807, 2.05) is 42.5 Å². The molecule has 3 aromatic rings. The number of nitrogens with zero attached hydrogens (tertiary/aromatic N) is 1. The van der Waals surface area contributed by atoms with Crippen molar-refractivity contribution in [3.05, 3.63) is 83.9 Å². The molecule has 9 heteroatoms. The van der Waals surface area contributed by atoms with Crippen LogP contribution < -0.4 is 10.6 Å². The van der Waals surface area contributed by atoms with E-state index in [0.717, 1.165) is 11.4 Å². The van der Waals surface area contributed by atoms with Gasteiger partial charge < -0.3 is 15.4 Å². The highest BCUT2D eigenvalue weighted by molar-refractivity contribution is 7.89. The van der Waals surface area contributed by atoms with E-state index >= 15 is 0 Å². The van der Waals surface area contributed by atoms with E-state index in [1.54, 1.807) is 31.2 Å². The predicted molar refractivity (Wildman–Crippen MR) is 132 cm³/mol. The number of carbonyl (C=O) groups is 1. The lowest BCUT2D eigenvalue weighted by Gasteiger charge is -2.26. The summed E-state index contributed by atoms with van der Waals surface area (Å²) in [6.45, 7) is 3.14. The first-order chi connectivity index (χ1) is 15.4. The molecule has 0 unspecified atom stereocenters. The first kappa shape index (κ1) is 24.7. The highest BCUT2D eigenvalue weighted by atomic mass is 35.5. The van der Waals surface area contributed by atoms with Crippen LogP contribution in [0.4, 0.5) is 17.1 Å². The van der Waals surface area contributed by atoms with Crippen LogP contribution in [0, 0.1) is 6.92 Å². The topological polar surface area (TPSA) is 87.7 Å². The number of sulfonamides is 1. The van der Waals surface area contributed by atoms with Gasteiger partial charge in [-0.2, -0.15) is 4.31 Å². The lowest BCUT2D eigenvalue weighted by atomic mass is 10.1. The first-order valence-corrected chi connectivity index (χ1v) is 11.8. The highest BCUT2D eigenvalue weighted by Crippen LogP contribution is 2.23. The second-order valence-corrected chi connectivity index (χ2v) is 9.45. The van der Waals surface area contributed by atoms with Gasteiger partial charge in [-0.1, -0.05) is 24.3 Å². The summed E-state index contributed by atoms with van der Waals surface area (Å²) in [4.78, 5) is 13.0. The number of rotatable bonds is 6. The molecule has 1 fully saturated rings. The monoisotopic (exact) mass is 487 g/mol. The minimum absolute atomic E-state index is 0. The summed E-state index contributed by atoms with van der Waals surface area (Å²) in [5.41, 5.74) is 3.51. The largest absolute Gasteiger partial charge is 0.379 e. The Morgan fingerprint density at radius 3 is 2.15 bits per heavy atom. The molecule has 1 aliphatic rings. The molecule has 1 amide bonds. The lowest BCUT2D eigenvalue weighted by Crippen LogP contribution is -2.40. The average Bonchev–Trinajstić information content (AvgIpc) is 2.82. The Hall–Kier alpha value is -2.91. The number of anilines is 3. The van der Waals surface area contributed by atoms with E-state index in [2.05, 4.69) is 10.6 Å². The van der Waals surface area contributed by atoms with Gasteiger partial charge in [0.2, 0.25) is 10.0 Å². The third-order valence-electron chi connectivity index (χ3n) is 5.27. The second-order valence-electron chi connectivity index (χ2n) is 7.52. The molecule has 174 valence electrons. The van der Waals surface area contributed by atoms with Gasteiger partial charge in [0.25, 0.3) is 5.91 Å². The molecule has 7 nitrogen and oxygen atoms in total. The smallest absolute Gasteiger partial charge is 0.255 e. The molecule has 4 rings (SSSR count). The Morgan fingerprint density at radius 2 is 1.48 bits per heavy atom. The number of carbonyl (C=O) groups excluding carboxylic acids is 1. The minimum Gasteiger partial charge on any atom is -0.379 e. The zero-order valence-corrected chi connectivity index (χ0v) is 19.8. The number of halogens is 1. The quantitative estimate of drug-likeness (QED) is 0.537. The van der Waals surface area contributed by atoms with Crippen LogP contribution in [0.1, 0.15) is 15.9 Å². The maximum Gasteiger partial charge on any atom is 0.255 e. The van der Waals surface area contributed by atoms with Crippen molar-refractivity contribution in [1.82, 2.24) is 4.31 Å². The van der Waals surface area contributed by atoms with Crippen molar-refractivity contribution in [2.45, 2.75) is 11.8 Å². The van der Waals surface area contributed by atoms with E-state index in [0.29, 0.717) is 43.1 Å². The summed E-state index contributed by atoms with van der Waals surface area (Å²) in [5.74, 6) is -0.356. The summed E-state index contributed by atoms with van der Waals surface area (Å²) in [6, 6.07) is 21.8. The number of morpholine rings is 1. The lowest BCUT2D eigenvalue weighted by molar-refractivity contribution is 0.0730. The van der Waals surface area contributed by atoms with E-state index in [9.17, 15) is 13.2 Å². The van der Waals surface area contributed by atoms with Gasteiger partial charge in [-0.05, 0) is 61.0 Å². The standard InChI is InChI=1S/C24H25N3O4S.ClH/c1-18-7-12-22(32(29,30)27-13-15-31-16-14-27)17-23(18)24(28)26-21-10-8-20(9-11-21)25-19-5-3-2-4-6-19;/h2-12,17,25H,13-16H2,1H3,(H,26,28);1H. The van der Waals surface area contributed by atoms with Gasteiger partial charge in [-0.3, -0.25) is 4.79 Å². The predicted octanol–water partition coefficient (Wildman–Crippen LogP) is 4.43. The molecule has 1 saturated heterocycles. The number of benzene rings is 3. The zero-order chi connectivity index (χ0) is 22.6. The van der Waals surface area contributed by atoms with Gasteiger partial charge >= 0.3 is 0 Å². The number of ether oxygens (including phenoxy) is 1. The first-order valence-electron chi connectivity index (χ1n) is 10.4. The van der Waals surface area contributed by atoms with Crippen molar-refractivity contribution in [3.63, 3.8) is 0 Å². The Bertz CT molecular complexity index is 1200. The molecule has 0 atom stereocenters. The number of para-hydroxylation sites is 1. The Morgan fingerprint density at radius 1 is 0.879 bits per heavy atom. The van der Waals surface area contributed by atoms with Crippen molar-refractivity contribution in [2.75, 3.05) is 36.9 Å². The van der Waals surface area contributed by atoms with Gasteiger partial charge in [-0.15, -0.1) is 12.4 Å². The van der Waals surface area contributed by atoms with Crippen LogP contribution in [0.15, 0.2) is 77.7 Å². The number of hydrogen-bond donors (Lipinski definition) is 2. The summed E-state index contributed by atoms with van der Waals surface area (Å²) >= 11 is 0. The van der Waals surface area contributed by atoms with Crippen LogP contribution >= 0.6 is 12.4 Å². The molecule has 0 aliphatic carbocycles. The van der Waals surface area contributed by atoms with Crippen molar-refractivity contribution < 1.29 is 17.9 Å². The van der Waals surface area contributed by atoms with Gasteiger partial charge in [-0.25, -0.2) is 8.42 Å². The van der Waals surface area contributed by atoms with Crippen LogP contribution in [0.2, 0.25) is 0 Å². The summed E-state index contributed by atoms with van der Waals surface area (Å²) in [5, 5.41) is 6.14. The SMILES string of the molecule is Cc1ccc(S(=O)(=O)N2CCOCC2)cc1C(=O)Nc1ccc(Nc2ccccc2)cc1.Cl. The van der Waals surface area contributed by atoms with Crippen LogP contribution in [0.25, 0.3) is 0 Å². The molecule has 0 bridgehead atoms. The normalized spacial score (nSPS) is 14.2. The summed E-state index contributed by atoms with van der Waals surface area (Å²) < 4.78 is 32.5. The number of aryl methyl sites for hydroxylation is 1. The fourth-order valence-electron chi connectivity index (χ4n) is 3.47. The fourth-order valence-corrected chi connectivity index (χ4v) is 4.90. The fraction of sp³-hybridized carbons (Fsp3) is 0.208. The number of hydrogen-bond acceptors (Lipinski definition) is 5. The molecule has 0 aromatic heterocycles. The van der Waals surface area contributed by atoms with Crippen molar-refractivity contribution in [3.8, 4) is 0 Å². The van der Waals surface area contributed by atoms with Gasteiger partial charge in [0, 0.05) is 35.7 Å². The number of amides is 1. The molecule has 2 N–H and O–H groups in total. The van der Waals surface area contributed by atoms with Crippen LogP contribution in [-0.4, -0.2) is 44.9 Å². The van der Waals surface area contributed by atoms with Crippen molar-refractivity contribution >= 4 is 45.4 Å². The van der Waals surface area contributed by atoms with E-state index in [-0.39, 0.29) is 23.2 Å². The molecular formula is C24H26ClN3O4S. The molecular weight excluding hydrogens is 462 g/mol. The second kappa shape index (κ2) is 10.8. The van der Waals surface area contributed by atoms with Crippen LogP contribution in [-0.2, 0) is 14.8 Å². The van der Waals surface area contributed by atoms with E-state index in [1.165, 1.54) is 10.4 Å². The van der Waals surface area contributed by atoms with Crippen molar-refractivity contribution in [1.29, 1.82) is 0 Å². The Labute approximate surface area is 200 Å². The van der Waals surface area contributed by atoms with E-state index < -0.39 is 10.0 Å². The number of nitrogens with one attached hydrogen (secondary N) is 2. The van der Waals surface area contributed by atoms with Gasteiger partial charge in [0.15, 0.2) is 0 Å². The Balaban J connectivity index is 0.00000306. The average molecular weight is 488 g/mol. The van der Waals surface area contributed by atoms with Gasteiger partial charge in [0.05, 0.1) is 18.1 Å². The molecule has 1 aliphatic heterocycles. The third-order valence-corrected chi connectivity index (χ3v) is 7.16. The maximum atomic E-state index is 13.0.